The Hall–Kier alpha value is -0.790. The summed E-state index contributed by atoms with van der Waals surface area (Å²) in [6, 6.07) is 0. The van der Waals surface area contributed by atoms with E-state index >= 15 is 0 Å². The van der Waals surface area contributed by atoms with Crippen LogP contribution in [-0.4, -0.2) is 12.3 Å². The number of hydrogen-bond donors (Lipinski definition) is 1. The van der Waals surface area contributed by atoms with Crippen molar-refractivity contribution in [3.05, 3.63) is 11.8 Å². The summed E-state index contributed by atoms with van der Waals surface area (Å²) in [6.45, 7) is 3.34. The van der Waals surface area contributed by atoms with Gasteiger partial charge in [0.1, 0.15) is 0 Å². The molecule has 1 saturated carbocycles. The Morgan fingerprint density at radius 2 is 2.21 bits per heavy atom. The van der Waals surface area contributed by atoms with E-state index in [0.717, 1.165) is 18.7 Å². The lowest BCUT2D eigenvalue weighted by Gasteiger charge is -2.41. The highest BCUT2D eigenvalue weighted by Crippen LogP contribution is 2.43. The molecule has 2 aliphatic rings. The fourth-order valence-electron chi connectivity index (χ4n) is 2.37. The van der Waals surface area contributed by atoms with Crippen LogP contribution >= 0.6 is 0 Å². The SMILES string of the molecule is CCC1(CNC2=CC(=O)CC2)CCC1. The first-order valence-corrected chi connectivity index (χ1v) is 5.71. The van der Waals surface area contributed by atoms with Crippen molar-refractivity contribution in [1.29, 1.82) is 0 Å². The van der Waals surface area contributed by atoms with E-state index in [0.29, 0.717) is 11.8 Å². The van der Waals surface area contributed by atoms with Gasteiger partial charge in [-0.25, -0.2) is 0 Å². The Balaban J connectivity index is 1.82. The van der Waals surface area contributed by atoms with Crippen molar-refractivity contribution < 1.29 is 4.79 Å². The van der Waals surface area contributed by atoms with Gasteiger partial charge in [-0.3, -0.25) is 4.79 Å². The minimum absolute atomic E-state index is 0.284. The molecule has 0 aromatic heterocycles. The third kappa shape index (κ3) is 1.84. The number of carbonyl (C=O) groups excluding carboxylic acids is 1. The molecule has 14 heavy (non-hydrogen) atoms. The minimum atomic E-state index is 0.284. The molecule has 0 aliphatic heterocycles. The van der Waals surface area contributed by atoms with Crippen molar-refractivity contribution >= 4 is 5.78 Å². The maximum absolute atomic E-state index is 11.0. The Morgan fingerprint density at radius 3 is 2.64 bits per heavy atom. The Kier molecular flexibility index (Phi) is 2.62. The third-order valence-electron chi connectivity index (χ3n) is 3.83. The first kappa shape index (κ1) is 9.75. The van der Waals surface area contributed by atoms with E-state index in [9.17, 15) is 4.79 Å². The number of rotatable bonds is 4. The number of hydrogen-bond acceptors (Lipinski definition) is 2. The summed E-state index contributed by atoms with van der Waals surface area (Å²) < 4.78 is 0. The lowest BCUT2D eigenvalue weighted by atomic mass is 9.67. The normalized spacial score (nSPS) is 24.4. The molecule has 1 N–H and O–H groups in total. The van der Waals surface area contributed by atoms with Crippen LogP contribution < -0.4 is 5.32 Å². The van der Waals surface area contributed by atoms with E-state index < -0.39 is 0 Å². The Labute approximate surface area is 85.8 Å². The predicted molar refractivity (Wildman–Crippen MR) is 56.9 cm³/mol. The molecule has 0 heterocycles. The Bertz CT molecular complexity index is 258. The molecule has 2 aliphatic carbocycles. The summed E-state index contributed by atoms with van der Waals surface area (Å²) in [5, 5.41) is 3.45. The van der Waals surface area contributed by atoms with Crippen molar-refractivity contribution in [1.82, 2.24) is 5.32 Å². The van der Waals surface area contributed by atoms with Crippen LogP contribution in [0.4, 0.5) is 0 Å². The van der Waals surface area contributed by atoms with Crippen molar-refractivity contribution in [3.63, 3.8) is 0 Å². The molecule has 0 atom stereocenters. The van der Waals surface area contributed by atoms with Crippen LogP contribution in [0.1, 0.15) is 45.4 Å². The second-order valence-electron chi connectivity index (χ2n) is 4.70. The van der Waals surface area contributed by atoms with Crippen molar-refractivity contribution in [2.75, 3.05) is 6.54 Å². The highest BCUT2D eigenvalue weighted by atomic mass is 16.1. The minimum Gasteiger partial charge on any atom is -0.388 e. The van der Waals surface area contributed by atoms with Gasteiger partial charge in [0.05, 0.1) is 0 Å². The molecule has 0 unspecified atom stereocenters. The summed E-state index contributed by atoms with van der Waals surface area (Å²) in [5.74, 6) is 0.284. The molecule has 1 fully saturated rings. The predicted octanol–water partition coefficient (Wildman–Crippen LogP) is 2.40. The van der Waals surface area contributed by atoms with Crippen LogP contribution in [0.25, 0.3) is 0 Å². The van der Waals surface area contributed by atoms with E-state index in [4.69, 9.17) is 0 Å². The monoisotopic (exact) mass is 193 g/mol. The average molecular weight is 193 g/mol. The van der Waals surface area contributed by atoms with Crippen LogP contribution in [-0.2, 0) is 4.79 Å². The first-order valence-electron chi connectivity index (χ1n) is 5.71. The van der Waals surface area contributed by atoms with Gasteiger partial charge >= 0.3 is 0 Å². The standard InChI is InChI=1S/C12H19NO/c1-2-12(6-3-7-12)9-13-10-4-5-11(14)8-10/h8,13H,2-7,9H2,1H3. The number of carbonyl (C=O) groups is 1. The van der Waals surface area contributed by atoms with Gasteiger partial charge in [0, 0.05) is 24.7 Å². The molecule has 0 radical (unpaired) electrons. The smallest absolute Gasteiger partial charge is 0.157 e. The summed E-state index contributed by atoms with van der Waals surface area (Å²) in [5.41, 5.74) is 1.71. The Morgan fingerprint density at radius 1 is 1.43 bits per heavy atom. The maximum Gasteiger partial charge on any atom is 0.157 e. The van der Waals surface area contributed by atoms with E-state index in [1.807, 2.05) is 0 Å². The molecule has 78 valence electrons. The zero-order valence-electron chi connectivity index (χ0n) is 8.94. The quantitative estimate of drug-likeness (QED) is 0.742. The number of ketones is 1. The summed E-state index contributed by atoms with van der Waals surface area (Å²) in [7, 11) is 0. The van der Waals surface area contributed by atoms with E-state index in [1.54, 1.807) is 6.08 Å². The summed E-state index contributed by atoms with van der Waals surface area (Å²) >= 11 is 0. The molecule has 0 amide bonds. The van der Waals surface area contributed by atoms with Gasteiger partial charge in [-0.05, 0) is 31.1 Å². The fourth-order valence-corrected chi connectivity index (χ4v) is 2.37. The van der Waals surface area contributed by atoms with Crippen LogP contribution in [0.15, 0.2) is 11.8 Å². The largest absolute Gasteiger partial charge is 0.388 e. The van der Waals surface area contributed by atoms with Crippen molar-refractivity contribution in [2.45, 2.75) is 45.4 Å². The first-order chi connectivity index (χ1) is 6.74. The summed E-state index contributed by atoms with van der Waals surface area (Å²) in [4.78, 5) is 11.0. The molecule has 0 bridgehead atoms. The van der Waals surface area contributed by atoms with E-state index in [2.05, 4.69) is 12.2 Å². The van der Waals surface area contributed by atoms with Gasteiger partial charge in [-0.15, -0.1) is 0 Å². The lowest BCUT2D eigenvalue weighted by Crippen LogP contribution is -2.38. The van der Waals surface area contributed by atoms with Gasteiger partial charge < -0.3 is 5.32 Å². The average Bonchev–Trinajstić information content (AvgIpc) is 2.50. The van der Waals surface area contributed by atoms with E-state index in [1.165, 1.54) is 25.7 Å². The molecule has 0 aromatic rings. The highest BCUT2D eigenvalue weighted by Gasteiger charge is 2.34. The maximum atomic E-state index is 11.0. The number of nitrogens with one attached hydrogen (secondary N) is 1. The lowest BCUT2D eigenvalue weighted by molar-refractivity contribution is -0.114. The molecule has 0 saturated heterocycles. The van der Waals surface area contributed by atoms with Gasteiger partial charge in [0.25, 0.3) is 0 Å². The molecule has 2 nitrogen and oxygen atoms in total. The third-order valence-corrected chi connectivity index (χ3v) is 3.83. The molecular formula is C12H19NO. The van der Waals surface area contributed by atoms with E-state index in [-0.39, 0.29) is 5.78 Å². The molecule has 0 spiro atoms. The second kappa shape index (κ2) is 3.76. The van der Waals surface area contributed by atoms with Gasteiger partial charge in [-0.1, -0.05) is 13.3 Å². The van der Waals surface area contributed by atoms with Gasteiger partial charge in [0.15, 0.2) is 5.78 Å². The molecular weight excluding hydrogens is 174 g/mol. The molecule has 2 heteroatoms. The van der Waals surface area contributed by atoms with Crippen LogP contribution in [0, 0.1) is 5.41 Å². The number of allylic oxidation sites excluding steroid dienone is 2. The van der Waals surface area contributed by atoms with Crippen LogP contribution in [0.3, 0.4) is 0 Å². The zero-order valence-corrected chi connectivity index (χ0v) is 8.94. The van der Waals surface area contributed by atoms with Gasteiger partial charge in [0.2, 0.25) is 0 Å². The van der Waals surface area contributed by atoms with Crippen LogP contribution in [0.5, 0.6) is 0 Å². The highest BCUT2D eigenvalue weighted by molar-refractivity contribution is 5.92. The molecule has 2 rings (SSSR count). The van der Waals surface area contributed by atoms with Crippen molar-refractivity contribution in [2.24, 2.45) is 5.41 Å². The van der Waals surface area contributed by atoms with Crippen molar-refractivity contribution in [3.8, 4) is 0 Å². The fraction of sp³-hybridized carbons (Fsp3) is 0.750. The second-order valence-corrected chi connectivity index (χ2v) is 4.70. The topological polar surface area (TPSA) is 29.1 Å². The zero-order chi connectivity index (χ0) is 10.0. The summed E-state index contributed by atoms with van der Waals surface area (Å²) in [6.07, 6.45) is 8.78. The molecule has 0 aromatic carbocycles. The van der Waals surface area contributed by atoms with Crippen LogP contribution in [0.2, 0.25) is 0 Å². The van der Waals surface area contributed by atoms with Gasteiger partial charge in [-0.2, -0.15) is 0 Å².